The van der Waals surface area contributed by atoms with Gasteiger partial charge in [0.15, 0.2) is 0 Å². The molecule has 2 atom stereocenters. The number of hydrogen-bond acceptors (Lipinski definition) is 6. The summed E-state index contributed by atoms with van der Waals surface area (Å²) in [6.07, 6.45) is 7.88. The summed E-state index contributed by atoms with van der Waals surface area (Å²) in [6, 6.07) is 7.90. The third-order valence-electron chi connectivity index (χ3n) is 4.88. The first-order chi connectivity index (χ1) is 12.7. The lowest BCUT2D eigenvalue weighted by atomic mass is 9.87. The molecule has 0 spiro atoms. The third kappa shape index (κ3) is 3.00. The van der Waals surface area contributed by atoms with Crippen molar-refractivity contribution in [2.24, 2.45) is 5.73 Å². The van der Waals surface area contributed by atoms with Crippen molar-refractivity contribution in [1.29, 1.82) is 5.26 Å². The Bertz CT molecular complexity index is 997. The van der Waals surface area contributed by atoms with Crippen molar-refractivity contribution >= 4 is 27.2 Å². The van der Waals surface area contributed by atoms with Gasteiger partial charge in [-0.3, -0.25) is 0 Å². The molecule has 0 radical (unpaired) electrons. The van der Waals surface area contributed by atoms with Crippen LogP contribution in [-0.4, -0.2) is 11.0 Å². The summed E-state index contributed by atoms with van der Waals surface area (Å²) >= 11 is 1.74. The van der Waals surface area contributed by atoms with Gasteiger partial charge in [-0.25, -0.2) is 4.98 Å². The number of hydrogen-bond donors (Lipinski definition) is 2. The van der Waals surface area contributed by atoms with Crippen molar-refractivity contribution in [2.45, 2.75) is 38.3 Å². The van der Waals surface area contributed by atoms with Crippen molar-refractivity contribution in [3.8, 4) is 6.07 Å². The Kier molecular flexibility index (Phi) is 4.49. The highest BCUT2D eigenvalue weighted by Crippen LogP contribution is 2.42. The zero-order valence-corrected chi connectivity index (χ0v) is 15.3. The zero-order chi connectivity index (χ0) is 18.1. The molecule has 3 heterocycles. The fraction of sp³-hybridized carbons (Fsp3) is 0.300. The maximum absolute atomic E-state index is 9.38. The van der Waals surface area contributed by atoms with Crippen LogP contribution in [0.4, 0.5) is 5.69 Å². The molecule has 0 saturated heterocycles. The largest absolute Gasteiger partial charge is 0.467 e. The fourth-order valence-corrected chi connectivity index (χ4v) is 4.90. The lowest BCUT2D eigenvalue weighted by Gasteiger charge is -2.24. The average Bonchev–Trinajstić information content (AvgIpc) is 3.28. The number of aromatic nitrogens is 1. The van der Waals surface area contributed by atoms with Gasteiger partial charge in [0, 0.05) is 16.8 Å². The van der Waals surface area contributed by atoms with Gasteiger partial charge in [-0.2, -0.15) is 5.26 Å². The molecule has 0 saturated carbocycles. The maximum Gasteiger partial charge on any atom is 0.143 e. The van der Waals surface area contributed by atoms with Gasteiger partial charge in [0.1, 0.15) is 17.5 Å². The van der Waals surface area contributed by atoms with Crippen LogP contribution in [0.2, 0.25) is 0 Å². The van der Waals surface area contributed by atoms with Gasteiger partial charge in [0.2, 0.25) is 0 Å². The molecule has 0 amide bonds. The Labute approximate surface area is 156 Å². The summed E-state index contributed by atoms with van der Waals surface area (Å²) in [7, 11) is 0. The predicted molar refractivity (Wildman–Crippen MR) is 104 cm³/mol. The summed E-state index contributed by atoms with van der Waals surface area (Å²) in [6.45, 7) is 2.65. The second kappa shape index (κ2) is 6.94. The minimum absolute atomic E-state index is 0.127. The molecule has 0 unspecified atom stereocenters. The average molecular weight is 364 g/mol. The Morgan fingerprint density at radius 3 is 3.00 bits per heavy atom. The van der Waals surface area contributed by atoms with Crippen molar-refractivity contribution in [2.75, 3.05) is 5.32 Å². The van der Waals surface area contributed by atoms with Crippen LogP contribution in [0.3, 0.4) is 0 Å². The Balaban J connectivity index is 1.77. The van der Waals surface area contributed by atoms with E-state index in [4.69, 9.17) is 10.2 Å². The molecule has 5 nitrogen and oxygen atoms in total. The quantitative estimate of drug-likeness (QED) is 0.668. The molecule has 6 heteroatoms. The van der Waals surface area contributed by atoms with E-state index < -0.39 is 0 Å². The van der Waals surface area contributed by atoms with Gasteiger partial charge in [-0.05, 0) is 43.5 Å². The smallest absolute Gasteiger partial charge is 0.143 e. The highest BCUT2D eigenvalue weighted by atomic mass is 32.1. The molecule has 3 aromatic heterocycles. The van der Waals surface area contributed by atoms with Gasteiger partial charge in [-0.1, -0.05) is 12.2 Å². The van der Waals surface area contributed by atoms with Crippen LogP contribution in [0, 0.1) is 18.3 Å². The number of nitrogens with one attached hydrogen (secondary N) is 1. The van der Waals surface area contributed by atoms with Crippen molar-refractivity contribution in [1.82, 2.24) is 4.98 Å². The number of pyridine rings is 1. The first kappa shape index (κ1) is 16.8. The minimum atomic E-state index is 0.127. The Hall–Kier alpha value is -2.62. The molecular weight excluding hydrogens is 344 g/mol. The summed E-state index contributed by atoms with van der Waals surface area (Å²) in [5, 5.41) is 12.8. The number of fused-ring (bicyclic) bond motifs is 1. The second-order valence-electron chi connectivity index (χ2n) is 6.58. The molecule has 26 heavy (non-hydrogen) atoms. The Morgan fingerprint density at radius 2 is 2.27 bits per heavy atom. The molecule has 1 aliphatic carbocycles. The number of nitrogens with two attached hydrogens (primary N) is 1. The molecule has 3 aromatic rings. The van der Waals surface area contributed by atoms with E-state index in [1.165, 1.54) is 4.88 Å². The van der Waals surface area contributed by atoms with Gasteiger partial charge in [0.25, 0.3) is 0 Å². The van der Waals surface area contributed by atoms with Crippen LogP contribution < -0.4 is 11.1 Å². The zero-order valence-electron chi connectivity index (χ0n) is 14.5. The summed E-state index contributed by atoms with van der Waals surface area (Å²) in [5.74, 6) is 1.16. The van der Waals surface area contributed by atoms with E-state index in [1.54, 1.807) is 17.6 Å². The molecule has 1 aliphatic rings. The SMILES string of the molecule is Cc1c([C@H]2CC=CC[C@@H]2N)sc2c(NCc3ccco3)cc(C#N)nc12. The van der Waals surface area contributed by atoms with Crippen LogP contribution in [0.25, 0.3) is 10.2 Å². The van der Waals surface area contributed by atoms with Crippen LogP contribution in [0.5, 0.6) is 0 Å². The number of furan rings is 1. The molecule has 4 rings (SSSR count). The Morgan fingerprint density at radius 1 is 1.42 bits per heavy atom. The van der Waals surface area contributed by atoms with Crippen LogP contribution in [-0.2, 0) is 6.54 Å². The number of thiophene rings is 1. The molecule has 132 valence electrons. The second-order valence-corrected chi connectivity index (χ2v) is 7.63. The summed E-state index contributed by atoms with van der Waals surface area (Å²) in [4.78, 5) is 5.84. The number of nitrogens with zero attached hydrogens (tertiary/aromatic N) is 2. The van der Waals surface area contributed by atoms with E-state index in [9.17, 15) is 5.26 Å². The van der Waals surface area contributed by atoms with Gasteiger partial charge < -0.3 is 15.5 Å². The number of rotatable bonds is 4. The monoisotopic (exact) mass is 364 g/mol. The van der Waals surface area contributed by atoms with Crippen LogP contribution in [0.1, 0.15) is 40.7 Å². The standard InChI is InChI=1S/C20H20N4OS/c1-12-18-20(26-19(12)15-6-2-3-7-16(15)22)17(9-13(10-21)24-18)23-11-14-5-4-8-25-14/h2-5,8-9,15-16H,6-7,11,22H2,1H3,(H,23,24)/t15-,16-/m0/s1. The maximum atomic E-state index is 9.38. The molecule has 0 fully saturated rings. The van der Waals surface area contributed by atoms with Gasteiger partial charge in [0.05, 0.1) is 28.7 Å². The first-order valence-corrected chi connectivity index (χ1v) is 9.50. The van der Waals surface area contributed by atoms with E-state index in [0.717, 1.165) is 40.1 Å². The number of nitriles is 1. The van der Waals surface area contributed by atoms with E-state index in [2.05, 4.69) is 35.4 Å². The molecule has 3 N–H and O–H groups in total. The summed E-state index contributed by atoms with van der Waals surface area (Å²) in [5.41, 5.74) is 9.74. The molecular formula is C20H20N4OS. The molecule has 0 aliphatic heterocycles. The molecule has 0 aromatic carbocycles. The predicted octanol–water partition coefficient (Wildman–Crippen LogP) is 4.44. The van der Waals surface area contributed by atoms with Crippen molar-refractivity contribution in [3.05, 3.63) is 58.5 Å². The lowest BCUT2D eigenvalue weighted by molar-refractivity contribution is 0.518. The fourth-order valence-electron chi connectivity index (χ4n) is 3.47. The summed E-state index contributed by atoms with van der Waals surface area (Å²) < 4.78 is 6.47. The first-order valence-electron chi connectivity index (χ1n) is 8.68. The minimum Gasteiger partial charge on any atom is -0.467 e. The number of allylic oxidation sites excluding steroid dienone is 1. The lowest BCUT2D eigenvalue weighted by Crippen LogP contribution is -2.29. The van der Waals surface area contributed by atoms with E-state index in [1.807, 2.05) is 18.2 Å². The highest BCUT2D eigenvalue weighted by Gasteiger charge is 2.26. The van der Waals surface area contributed by atoms with E-state index >= 15 is 0 Å². The van der Waals surface area contributed by atoms with Crippen LogP contribution in [0.15, 0.2) is 41.0 Å². The van der Waals surface area contributed by atoms with Crippen molar-refractivity contribution < 1.29 is 4.42 Å². The highest BCUT2D eigenvalue weighted by molar-refractivity contribution is 7.20. The third-order valence-corrected chi connectivity index (χ3v) is 6.32. The van der Waals surface area contributed by atoms with E-state index in [0.29, 0.717) is 18.2 Å². The van der Waals surface area contributed by atoms with Crippen molar-refractivity contribution in [3.63, 3.8) is 0 Å². The number of aryl methyl sites for hydroxylation is 1. The topological polar surface area (TPSA) is 87.9 Å². The normalized spacial score (nSPS) is 19.6. The number of anilines is 1. The van der Waals surface area contributed by atoms with E-state index in [-0.39, 0.29) is 6.04 Å². The van der Waals surface area contributed by atoms with Gasteiger partial charge in [-0.15, -0.1) is 11.3 Å². The van der Waals surface area contributed by atoms with Gasteiger partial charge >= 0.3 is 0 Å². The molecule has 0 bridgehead atoms. The van der Waals surface area contributed by atoms with Crippen LogP contribution >= 0.6 is 11.3 Å².